The Labute approximate surface area is 151 Å². The van der Waals surface area contributed by atoms with Crippen molar-refractivity contribution >= 4 is 49.8 Å². The number of H-pyrrole nitrogens is 1. The van der Waals surface area contributed by atoms with Crippen molar-refractivity contribution in [2.24, 2.45) is 0 Å². The predicted octanol–water partition coefficient (Wildman–Crippen LogP) is 3.88. The third-order valence-electron chi connectivity index (χ3n) is 4.03. The first kappa shape index (κ1) is 16.0. The van der Waals surface area contributed by atoms with Gasteiger partial charge in [-0.3, -0.25) is 4.79 Å². The van der Waals surface area contributed by atoms with E-state index in [-0.39, 0.29) is 10.8 Å². The van der Waals surface area contributed by atoms with Gasteiger partial charge in [0.25, 0.3) is 5.56 Å². The van der Waals surface area contributed by atoms with Crippen LogP contribution in [-0.4, -0.2) is 26.2 Å². The Bertz CT molecular complexity index is 956. The Morgan fingerprint density at radius 1 is 1.29 bits per heavy atom. The number of aryl methyl sites for hydroxylation is 2. The summed E-state index contributed by atoms with van der Waals surface area (Å²) in [6.45, 7) is 6.02. The fourth-order valence-electron chi connectivity index (χ4n) is 2.39. The van der Waals surface area contributed by atoms with Crippen molar-refractivity contribution in [2.75, 3.05) is 5.32 Å². The van der Waals surface area contributed by atoms with Gasteiger partial charge in [-0.15, -0.1) is 21.5 Å². The topological polar surface area (TPSA) is 83.6 Å². The van der Waals surface area contributed by atoms with Crippen LogP contribution in [0, 0.1) is 13.8 Å². The first-order valence-electron chi connectivity index (χ1n) is 7.78. The van der Waals surface area contributed by atoms with E-state index in [0.717, 1.165) is 24.7 Å². The third-order valence-corrected chi connectivity index (χ3v) is 7.18. The molecule has 3 heterocycles. The Balaban J connectivity index is 1.57. The van der Waals surface area contributed by atoms with E-state index in [0.29, 0.717) is 17.3 Å². The van der Waals surface area contributed by atoms with E-state index >= 15 is 0 Å². The van der Waals surface area contributed by atoms with Crippen LogP contribution in [0.1, 0.15) is 41.3 Å². The smallest absolute Gasteiger partial charge is 0.259 e. The maximum atomic E-state index is 12.4. The number of aromatic nitrogens is 4. The molecule has 0 aliphatic heterocycles. The highest BCUT2D eigenvalue weighted by Gasteiger charge is 2.23. The zero-order valence-corrected chi connectivity index (χ0v) is 16.0. The van der Waals surface area contributed by atoms with E-state index in [1.54, 1.807) is 34.4 Å². The highest BCUT2D eigenvalue weighted by Crippen LogP contribution is 2.37. The number of aromatic amines is 1. The van der Waals surface area contributed by atoms with E-state index in [9.17, 15) is 4.79 Å². The van der Waals surface area contributed by atoms with Crippen LogP contribution >= 0.6 is 34.4 Å². The summed E-state index contributed by atoms with van der Waals surface area (Å²) >= 11 is 4.69. The van der Waals surface area contributed by atoms with Crippen molar-refractivity contribution in [2.45, 2.75) is 49.2 Å². The van der Waals surface area contributed by atoms with E-state index in [1.165, 1.54) is 12.8 Å². The number of thioether (sulfide) groups is 1. The average molecular weight is 380 g/mol. The van der Waals surface area contributed by atoms with E-state index < -0.39 is 0 Å². The molecular formula is C15H17N5OS3. The summed E-state index contributed by atoms with van der Waals surface area (Å²) in [4.78, 5) is 21.9. The Kier molecular flexibility index (Phi) is 4.09. The summed E-state index contributed by atoms with van der Waals surface area (Å²) in [6.07, 6.45) is 2.42. The highest BCUT2D eigenvalue weighted by atomic mass is 32.2. The van der Waals surface area contributed by atoms with Crippen LogP contribution in [0.25, 0.3) is 10.2 Å². The molecule has 0 spiro atoms. The van der Waals surface area contributed by atoms with Crippen molar-refractivity contribution in [1.82, 2.24) is 20.2 Å². The van der Waals surface area contributed by atoms with Crippen molar-refractivity contribution in [3.63, 3.8) is 0 Å². The van der Waals surface area contributed by atoms with Gasteiger partial charge >= 0.3 is 0 Å². The molecule has 0 unspecified atom stereocenters. The van der Waals surface area contributed by atoms with Gasteiger partial charge in [0.15, 0.2) is 4.34 Å². The van der Waals surface area contributed by atoms with Crippen LogP contribution < -0.4 is 10.9 Å². The number of hydrogen-bond donors (Lipinski definition) is 2. The summed E-state index contributed by atoms with van der Waals surface area (Å²) < 4.78 is 0.881. The van der Waals surface area contributed by atoms with Gasteiger partial charge in [0.1, 0.15) is 10.7 Å². The van der Waals surface area contributed by atoms with Crippen LogP contribution in [0.3, 0.4) is 0 Å². The molecule has 0 saturated heterocycles. The second-order valence-corrected chi connectivity index (χ2v) is 9.74. The van der Waals surface area contributed by atoms with Crippen LogP contribution in [0.2, 0.25) is 0 Å². The van der Waals surface area contributed by atoms with Gasteiger partial charge in [-0.05, 0) is 39.2 Å². The lowest BCUT2D eigenvalue weighted by atomic mass is 10.2. The fraction of sp³-hybridized carbons (Fsp3) is 0.467. The molecule has 0 bridgehead atoms. The van der Waals surface area contributed by atoms with Crippen molar-refractivity contribution in [3.05, 3.63) is 26.6 Å². The average Bonchev–Trinajstić information content (AvgIpc) is 3.16. The molecule has 2 N–H and O–H groups in total. The number of rotatable bonds is 5. The molecule has 9 heteroatoms. The van der Waals surface area contributed by atoms with Crippen molar-refractivity contribution in [3.8, 4) is 0 Å². The second kappa shape index (κ2) is 6.12. The quantitative estimate of drug-likeness (QED) is 0.655. The van der Waals surface area contributed by atoms with Gasteiger partial charge in [0.05, 0.1) is 10.6 Å². The summed E-state index contributed by atoms with van der Waals surface area (Å²) in [5, 5.41) is 13.3. The van der Waals surface area contributed by atoms with E-state index in [4.69, 9.17) is 0 Å². The molecule has 1 fully saturated rings. The number of fused-ring (bicyclic) bond motifs is 1. The van der Waals surface area contributed by atoms with Crippen LogP contribution in [0.15, 0.2) is 9.13 Å². The van der Waals surface area contributed by atoms with Gasteiger partial charge in [-0.1, -0.05) is 23.1 Å². The lowest BCUT2D eigenvalue weighted by Crippen LogP contribution is -2.12. The van der Waals surface area contributed by atoms with Gasteiger partial charge in [0.2, 0.25) is 5.13 Å². The molecule has 0 radical (unpaired) electrons. The monoisotopic (exact) mass is 379 g/mol. The Morgan fingerprint density at radius 3 is 2.83 bits per heavy atom. The minimum absolute atomic E-state index is 0.00605. The molecule has 1 aliphatic carbocycles. The minimum Gasteiger partial charge on any atom is -0.357 e. The first-order valence-corrected chi connectivity index (χ1v) is 10.3. The second-order valence-electron chi connectivity index (χ2n) is 5.97. The summed E-state index contributed by atoms with van der Waals surface area (Å²) in [5.41, 5.74) is 0.966. The molecular weight excluding hydrogens is 362 g/mol. The highest BCUT2D eigenvalue weighted by molar-refractivity contribution is 8.01. The summed E-state index contributed by atoms with van der Waals surface area (Å²) in [6, 6.07) is 0.568. The van der Waals surface area contributed by atoms with Crippen LogP contribution in [0.4, 0.5) is 5.13 Å². The number of nitrogens with zero attached hydrogens (tertiary/aromatic N) is 3. The molecule has 3 aromatic rings. The summed E-state index contributed by atoms with van der Waals surface area (Å²) in [5.74, 6) is 0.686. The largest absolute Gasteiger partial charge is 0.357 e. The Hall–Kier alpha value is -1.45. The minimum atomic E-state index is -0.0577. The SMILES string of the molecule is Cc1sc2nc([C@@H](C)Sc3nnc(NC4CC4)s3)[nH]c(=O)c2c1C. The predicted molar refractivity (Wildman–Crippen MR) is 101 cm³/mol. The molecule has 126 valence electrons. The number of nitrogens with one attached hydrogen (secondary N) is 2. The third kappa shape index (κ3) is 3.07. The Morgan fingerprint density at radius 2 is 2.08 bits per heavy atom. The number of anilines is 1. The fourth-order valence-corrected chi connectivity index (χ4v) is 5.46. The van der Waals surface area contributed by atoms with Gasteiger partial charge in [-0.25, -0.2) is 4.98 Å². The van der Waals surface area contributed by atoms with Crippen LogP contribution in [0.5, 0.6) is 0 Å². The molecule has 1 atom stereocenters. The van der Waals surface area contributed by atoms with Crippen LogP contribution in [-0.2, 0) is 0 Å². The lowest BCUT2D eigenvalue weighted by Gasteiger charge is -2.07. The van der Waals surface area contributed by atoms with Crippen molar-refractivity contribution < 1.29 is 0 Å². The molecule has 1 saturated carbocycles. The number of hydrogen-bond acceptors (Lipinski definition) is 8. The molecule has 6 nitrogen and oxygen atoms in total. The zero-order valence-electron chi connectivity index (χ0n) is 13.5. The molecule has 0 amide bonds. The lowest BCUT2D eigenvalue weighted by molar-refractivity contribution is 0.918. The van der Waals surface area contributed by atoms with Gasteiger partial charge < -0.3 is 10.3 Å². The molecule has 1 aliphatic rings. The van der Waals surface area contributed by atoms with Crippen molar-refractivity contribution in [1.29, 1.82) is 0 Å². The standard InChI is InChI=1S/C15H17N5OS3/c1-6-7(2)22-13-10(6)12(21)17-11(18-13)8(3)23-15-20-19-14(24-15)16-9-4-5-9/h8-9H,4-5H2,1-3H3,(H,16,19)(H,17,18,21)/t8-/m1/s1. The maximum absolute atomic E-state index is 12.4. The normalized spacial score (nSPS) is 15.8. The van der Waals surface area contributed by atoms with E-state index in [2.05, 4.69) is 25.5 Å². The van der Waals surface area contributed by atoms with E-state index in [1.807, 2.05) is 20.8 Å². The van der Waals surface area contributed by atoms with Gasteiger partial charge in [0, 0.05) is 10.9 Å². The molecule has 24 heavy (non-hydrogen) atoms. The molecule has 0 aromatic carbocycles. The zero-order chi connectivity index (χ0) is 16.8. The maximum Gasteiger partial charge on any atom is 0.259 e. The first-order chi connectivity index (χ1) is 11.5. The number of thiophene rings is 1. The summed E-state index contributed by atoms with van der Waals surface area (Å²) in [7, 11) is 0. The molecule has 4 rings (SSSR count). The molecule has 3 aromatic heterocycles. The van der Waals surface area contributed by atoms with Gasteiger partial charge in [-0.2, -0.15) is 0 Å².